The molecule has 2 amide bonds. The van der Waals surface area contributed by atoms with Crippen LogP contribution in [0.4, 0.5) is 17.1 Å². The molecular weight excluding hydrogens is 380 g/mol. The van der Waals surface area contributed by atoms with Crippen LogP contribution in [0.2, 0.25) is 0 Å². The number of amides is 2. The summed E-state index contributed by atoms with van der Waals surface area (Å²) in [5, 5.41) is 5.70. The molecule has 30 heavy (non-hydrogen) atoms. The van der Waals surface area contributed by atoms with Gasteiger partial charge < -0.3 is 25.2 Å². The van der Waals surface area contributed by atoms with E-state index in [1.807, 2.05) is 24.3 Å². The van der Waals surface area contributed by atoms with Gasteiger partial charge in [0.15, 0.2) is 0 Å². The second-order valence-electron chi connectivity index (χ2n) is 7.72. The third-order valence-corrected chi connectivity index (χ3v) is 5.35. The molecule has 2 N–H and O–H groups in total. The van der Waals surface area contributed by atoms with Gasteiger partial charge in [-0.1, -0.05) is 0 Å². The smallest absolute Gasteiger partial charge is 0.255 e. The number of hydrogen-bond acceptors (Lipinski definition) is 5. The van der Waals surface area contributed by atoms with E-state index in [0.29, 0.717) is 30.3 Å². The Labute approximate surface area is 178 Å². The Morgan fingerprint density at radius 3 is 2.27 bits per heavy atom. The van der Waals surface area contributed by atoms with Gasteiger partial charge in [0.1, 0.15) is 0 Å². The topological polar surface area (TPSA) is 73.9 Å². The van der Waals surface area contributed by atoms with Crippen LogP contribution in [0.1, 0.15) is 23.2 Å². The molecule has 1 atom stereocenters. The summed E-state index contributed by atoms with van der Waals surface area (Å²) >= 11 is 0. The van der Waals surface area contributed by atoms with Gasteiger partial charge in [-0.25, -0.2) is 0 Å². The Bertz CT molecular complexity index is 850. The molecule has 1 saturated heterocycles. The van der Waals surface area contributed by atoms with Crippen LogP contribution in [-0.2, 0) is 9.53 Å². The number of ether oxygens (including phenoxy) is 1. The Kier molecular flexibility index (Phi) is 7.43. The summed E-state index contributed by atoms with van der Waals surface area (Å²) in [5.74, 6) is -0.308. The maximum absolute atomic E-state index is 12.5. The van der Waals surface area contributed by atoms with E-state index in [1.165, 1.54) is 5.69 Å². The number of anilines is 3. The molecule has 0 radical (unpaired) electrons. The molecule has 2 aromatic carbocycles. The van der Waals surface area contributed by atoms with Gasteiger partial charge in [0, 0.05) is 48.9 Å². The second-order valence-corrected chi connectivity index (χ2v) is 7.72. The predicted octanol–water partition coefficient (Wildman–Crippen LogP) is 3.05. The highest BCUT2D eigenvalue weighted by atomic mass is 16.5. The van der Waals surface area contributed by atoms with Crippen LogP contribution in [0.25, 0.3) is 0 Å². The summed E-state index contributed by atoms with van der Waals surface area (Å²) in [4.78, 5) is 28.9. The van der Waals surface area contributed by atoms with E-state index in [9.17, 15) is 9.59 Å². The molecule has 160 valence electrons. The van der Waals surface area contributed by atoms with Gasteiger partial charge >= 0.3 is 0 Å². The zero-order valence-electron chi connectivity index (χ0n) is 17.9. The fourth-order valence-corrected chi connectivity index (χ4v) is 3.48. The molecule has 7 heteroatoms. The quantitative estimate of drug-likeness (QED) is 0.700. The standard InChI is InChI=1S/C23H30N4O3/c1-26(2)21-12-14-27(16-21)20-10-8-19(9-11-20)25-23(29)17-4-6-18(7-5-17)24-22(28)13-15-30-3/h4-11,21H,12-16H2,1-3H3,(H,24,28)(H,25,29). The normalized spacial score (nSPS) is 16.0. The van der Waals surface area contributed by atoms with Gasteiger partial charge in [0.05, 0.1) is 13.0 Å². The van der Waals surface area contributed by atoms with Gasteiger partial charge in [-0.3, -0.25) is 9.59 Å². The number of likely N-dealkylation sites (N-methyl/N-ethyl adjacent to an activating group) is 1. The largest absolute Gasteiger partial charge is 0.384 e. The third-order valence-electron chi connectivity index (χ3n) is 5.35. The Morgan fingerprint density at radius 2 is 1.67 bits per heavy atom. The molecule has 2 aromatic rings. The summed E-state index contributed by atoms with van der Waals surface area (Å²) < 4.78 is 4.89. The minimum Gasteiger partial charge on any atom is -0.384 e. The maximum Gasteiger partial charge on any atom is 0.255 e. The second kappa shape index (κ2) is 10.2. The van der Waals surface area contributed by atoms with E-state index in [0.717, 1.165) is 25.2 Å². The third kappa shape index (κ3) is 5.81. The van der Waals surface area contributed by atoms with E-state index in [2.05, 4.69) is 34.5 Å². The van der Waals surface area contributed by atoms with Crippen LogP contribution >= 0.6 is 0 Å². The molecule has 7 nitrogen and oxygen atoms in total. The van der Waals surface area contributed by atoms with Crippen LogP contribution in [0.15, 0.2) is 48.5 Å². The molecule has 0 bridgehead atoms. The number of carbonyl (C=O) groups is 2. The molecule has 1 aliphatic rings. The zero-order valence-corrected chi connectivity index (χ0v) is 17.9. The summed E-state index contributed by atoms with van der Waals surface area (Å²) in [5.41, 5.74) is 3.11. The number of nitrogens with one attached hydrogen (secondary N) is 2. The number of benzene rings is 2. The van der Waals surface area contributed by atoms with Crippen LogP contribution in [0, 0.1) is 0 Å². The highest BCUT2D eigenvalue weighted by molar-refractivity contribution is 6.04. The van der Waals surface area contributed by atoms with Crippen LogP contribution < -0.4 is 15.5 Å². The van der Waals surface area contributed by atoms with Crippen molar-refractivity contribution in [1.29, 1.82) is 0 Å². The van der Waals surface area contributed by atoms with Gasteiger partial charge in [-0.2, -0.15) is 0 Å². The van der Waals surface area contributed by atoms with E-state index in [1.54, 1.807) is 31.4 Å². The van der Waals surface area contributed by atoms with Crippen molar-refractivity contribution in [3.63, 3.8) is 0 Å². The number of hydrogen-bond donors (Lipinski definition) is 2. The van der Waals surface area contributed by atoms with Crippen molar-refractivity contribution in [2.45, 2.75) is 18.9 Å². The van der Waals surface area contributed by atoms with Crippen molar-refractivity contribution in [1.82, 2.24) is 4.90 Å². The Hall–Kier alpha value is -2.90. The fraction of sp³-hybridized carbons (Fsp3) is 0.391. The van der Waals surface area contributed by atoms with Gasteiger partial charge in [-0.05, 0) is 69.0 Å². The molecule has 0 saturated carbocycles. The first-order valence-electron chi connectivity index (χ1n) is 10.2. The molecule has 3 rings (SSSR count). The van der Waals surface area contributed by atoms with Crippen molar-refractivity contribution in [2.75, 3.05) is 56.4 Å². The molecule has 1 unspecified atom stereocenters. The summed E-state index contributed by atoms with van der Waals surface area (Å²) in [7, 11) is 5.80. The van der Waals surface area contributed by atoms with Crippen molar-refractivity contribution in [3.05, 3.63) is 54.1 Å². The van der Waals surface area contributed by atoms with Crippen molar-refractivity contribution >= 4 is 28.9 Å². The lowest BCUT2D eigenvalue weighted by molar-refractivity contribution is -0.117. The number of methoxy groups -OCH3 is 1. The van der Waals surface area contributed by atoms with E-state index >= 15 is 0 Å². The number of rotatable bonds is 8. The van der Waals surface area contributed by atoms with Crippen LogP contribution in [-0.4, -0.2) is 63.7 Å². The Morgan fingerprint density at radius 1 is 1.03 bits per heavy atom. The molecule has 0 aliphatic carbocycles. The van der Waals surface area contributed by atoms with E-state index in [-0.39, 0.29) is 11.8 Å². The van der Waals surface area contributed by atoms with Gasteiger partial charge in [-0.15, -0.1) is 0 Å². The lowest BCUT2D eigenvalue weighted by Crippen LogP contribution is -2.31. The van der Waals surface area contributed by atoms with Crippen molar-refractivity contribution in [2.24, 2.45) is 0 Å². The summed E-state index contributed by atoms with van der Waals surface area (Å²) in [6.07, 6.45) is 1.45. The zero-order chi connectivity index (χ0) is 21.5. The minimum atomic E-state index is -0.186. The summed E-state index contributed by atoms with van der Waals surface area (Å²) in [6.45, 7) is 2.44. The monoisotopic (exact) mass is 410 g/mol. The lowest BCUT2D eigenvalue weighted by atomic mass is 10.2. The first kappa shape index (κ1) is 21.8. The molecule has 1 heterocycles. The SMILES string of the molecule is COCCC(=O)Nc1ccc(C(=O)Nc2ccc(N3CCC(N(C)C)C3)cc2)cc1. The highest BCUT2D eigenvalue weighted by Crippen LogP contribution is 2.24. The van der Waals surface area contributed by atoms with Crippen LogP contribution in [0.5, 0.6) is 0 Å². The molecule has 0 spiro atoms. The van der Waals surface area contributed by atoms with E-state index in [4.69, 9.17) is 4.74 Å². The number of carbonyl (C=O) groups excluding carboxylic acids is 2. The number of nitrogens with zero attached hydrogens (tertiary/aromatic N) is 2. The molecular formula is C23H30N4O3. The molecule has 0 aromatic heterocycles. The first-order chi connectivity index (χ1) is 14.5. The van der Waals surface area contributed by atoms with E-state index < -0.39 is 0 Å². The minimum absolute atomic E-state index is 0.121. The first-order valence-corrected chi connectivity index (χ1v) is 10.2. The summed E-state index contributed by atoms with van der Waals surface area (Å²) in [6, 6.07) is 15.4. The average Bonchev–Trinajstić information content (AvgIpc) is 3.24. The van der Waals surface area contributed by atoms with Crippen LogP contribution in [0.3, 0.4) is 0 Å². The fourth-order valence-electron chi connectivity index (χ4n) is 3.48. The molecule has 1 fully saturated rings. The maximum atomic E-state index is 12.5. The molecule has 1 aliphatic heterocycles. The Balaban J connectivity index is 1.54. The average molecular weight is 411 g/mol. The van der Waals surface area contributed by atoms with Crippen molar-refractivity contribution in [3.8, 4) is 0 Å². The lowest BCUT2D eigenvalue weighted by Gasteiger charge is -2.22. The van der Waals surface area contributed by atoms with Crippen molar-refractivity contribution < 1.29 is 14.3 Å². The van der Waals surface area contributed by atoms with Gasteiger partial charge in [0.2, 0.25) is 5.91 Å². The van der Waals surface area contributed by atoms with Gasteiger partial charge in [0.25, 0.3) is 5.91 Å². The highest BCUT2D eigenvalue weighted by Gasteiger charge is 2.23. The predicted molar refractivity (Wildman–Crippen MR) is 120 cm³/mol.